The number of anilines is 1. The van der Waals surface area contributed by atoms with E-state index < -0.39 is 5.97 Å². The lowest BCUT2D eigenvalue weighted by Crippen LogP contribution is -2.08. The molecule has 0 saturated heterocycles. The van der Waals surface area contributed by atoms with Gasteiger partial charge in [0.2, 0.25) is 0 Å². The number of hydrogen-bond acceptors (Lipinski definition) is 3. The molecular weight excluding hydrogens is 257 g/mol. The van der Waals surface area contributed by atoms with Crippen molar-refractivity contribution >= 4 is 11.7 Å². The maximum Gasteiger partial charge on any atom is 0.338 e. The smallest absolute Gasteiger partial charge is 0.338 e. The normalized spacial score (nSPS) is 10.3. The summed E-state index contributed by atoms with van der Waals surface area (Å²) in [6.45, 7) is 3.70. The minimum atomic E-state index is -0.411. The van der Waals surface area contributed by atoms with Crippen molar-refractivity contribution in [3.63, 3.8) is 0 Å². The van der Waals surface area contributed by atoms with Crippen LogP contribution >= 0.6 is 0 Å². The van der Waals surface area contributed by atoms with Gasteiger partial charge in [0.25, 0.3) is 0 Å². The zero-order valence-electron chi connectivity index (χ0n) is 11.4. The molecule has 0 unspecified atom stereocenters. The summed E-state index contributed by atoms with van der Waals surface area (Å²) >= 11 is 0. The predicted octanol–water partition coefficient (Wildman–Crippen LogP) is 3.38. The fraction of sp³-hybridized carbons (Fsp3) is 0.188. The molecule has 20 heavy (non-hydrogen) atoms. The summed E-state index contributed by atoms with van der Waals surface area (Å²) in [5.74, 6) is -0.710. The third-order valence-corrected chi connectivity index (χ3v) is 3.13. The molecule has 2 rings (SSSR count). The Bertz CT molecular complexity index is 653. The van der Waals surface area contributed by atoms with Crippen molar-refractivity contribution < 1.29 is 13.9 Å². The number of ether oxygens (including phenoxy) is 1. The van der Waals surface area contributed by atoms with Crippen molar-refractivity contribution in [2.24, 2.45) is 0 Å². The van der Waals surface area contributed by atoms with Gasteiger partial charge in [0, 0.05) is 5.69 Å². The molecule has 3 nitrogen and oxygen atoms in total. The van der Waals surface area contributed by atoms with E-state index in [-0.39, 0.29) is 12.4 Å². The molecule has 4 heteroatoms. The quantitative estimate of drug-likeness (QED) is 0.689. The number of hydrogen-bond donors (Lipinski definition) is 1. The van der Waals surface area contributed by atoms with Gasteiger partial charge in [-0.1, -0.05) is 6.07 Å². The SMILES string of the molecule is Cc1cc(F)ccc1COC(=O)c1ccc(N)cc1C. The molecule has 0 aliphatic rings. The van der Waals surface area contributed by atoms with Crippen LogP contribution in [0.15, 0.2) is 36.4 Å². The summed E-state index contributed by atoms with van der Waals surface area (Å²) in [5.41, 5.74) is 9.04. The van der Waals surface area contributed by atoms with E-state index in [0.717, 1.165) is 16.7 Å². The summed E-state index contributed by atoms with van der Waals surface area (Å²) in [5, 5.41) is 0. The topological polar surface area (TPSA) is 52.3 Å². The van der Waals surface area contributed by atoms with Crippen molar-refractivity contribution in [3.05, 3.63) is 64.5 Å². The first-order valence-corrected chi connectivity index (χ1v) is 6.25. The number of halogens is 1. The first kappa shape index (κ1) is 14.1. The maximum absolute atomic E-state index is 13.0. The van der Waals surface area contributed by atoms with E-state index in [9.17, 15) is 9.18 Å². The molecule has 0 heterocycles. The molecule has 104 valence electrons. The molecule has 0 aliphatic heterocycles. The van der Waals surface area contributed by atoms with Crippen LogP contribution in [0.2, 0.25) is 0 Å². The highest BCUT2D eigenvalue weighted by molar-refractivity contribution is 5.91. The second-order valence-corrected chi connectivity index (χ2v) is 4.72. The zero-order valence-corrected chi connectivity index (χ0v) is 11.4. The van der Waals surface area contributed by atoms with Gasteiger partial charge in [-0.15, -0.1) is 0 Å². The Morgan fingerprint density at radius 3 is 2.55 bits per heavy atom. The number of rotatable bonds is 3. The lowest BCUT2D eigenvalue weighted by atomic mass is 10.1. The average Bonchev–Trinajstić information content (AvgIpc) is 2.37. The first-order valence-electron chi connectivity index (χ1n) is 6.25. The number of carbonyl (C=O) groups is 1. The van der Waals surface area contributed by atoms with Gasteiger partial charge in [-0.3, -0.25) is 0 Å². The minimum Gasteiger partial charge on any atom is -0.457 e. The van der Waals surface area contributed by atoms with Gasteiger partial charge in [-0.05, 0) is 60.9 Å². The molecule has 2 aromatic rings. The van der Waals surface area contributed by atoms with Crippen LogP contribution in [0.25, 0.3) is 0 Å². The number of aryl methyl sites for hydroxylation is 2. The number of nitrogens with two attached hydrogens (primary N) is 1. The zero-order chi connectivity index (χ0) is 14.7. The summed E-state index contributed by atoms with van der Waals surface area (Å²) in [4.78, 5) is 12.0. The highest BCUT2D eigenvalue weighted by atomic mass is 19.1. The molecular formula is C16H16FNO2. The third kappa shape index (κ3) is 3.15. The van der Waals surface area contributed by atoms with E-state index in [4.69, 9.17) is 10.5 Å². The largest absolute Gasteiger partial charge is 0.457 e. The Labute approximate surface area is 117 Å². The molecule has 0 aromatic heterocycles. The highest BCUT2D eigenvalue weighted by Gasteiger charge is 2.11. The minimum absolute atomic E-state index is 0.120. The van der Waals surface area contributed by atoms with E-state index in [1.165, 1.54) is 12.1 Å². The van der Waals surface area contributed by atoms with Crippen LogP contribution in [0.5, 0.6) is 0 Å². The predicted molar refractivity (Wildman–Crippen MR) is 75.8 cm³/mol. The number of nitrogen functional groups attached to an aromatic ring is 1. The standard InChI is InChI=1S/C16H16FNO2/c1-10-7-13(17)4-3-12(10)9-20-16(19)15-6-5-14(18)8-11(15)2/h3-8H,9,18H2,1-2H3. The fourth-order valence-corrected chi connectivity index (χ4v) is 1.96. The van der Waals surface area contributed by atoms with Crippen LogP contribution in [0.4, 0.5) is 10.1 Å². The summed E-state index contributed by atoms with van der Waals surface area (Å²) in [6.07, 6.45) is 0. The van der Waals surface area contributed by atoms with Crippen LogP contribution in [-0.4, -0.2) is 5.97 Å². The Morgan fingerprint density at radius 1 is 1.15 bits per heavy atom. The van der Waals surface area contributed by atoms with E-state index in [2.05, 4.69) is 0 Å². The number of carbonyl (C=O) groups excluding carboxylic acids is 1. The monoisotopic (exact) mass is 273 g/mol. The number of benzene rings is 2. The lowest BCUT2D eigenvalue weighted by molar-refractivity contribution is 0.0471. The molecule has 0 saturated carbocycles. The van der Waals surface area contributed by atoms with Crippen molar-refractivity contribution in [1.29, 1.82) is 0 Å². The van der Waals surface area contributed by atoms with Gasteiger partial charge in [0.05, 0.1) is 5.56 Å². The Balaban J connectivity index is 2.08. The second kappa shape index (κ2) is 5.74. The van der Waals surface area contributed by atoms with E-state index in [0.29, 0.717) is 11.3 Å². The van der Waals surface area contributed by atoms with Crippen LogP contribution < -0.4 is 5.73 Å². The number of esters is 1. The van der Waals surface area contributed by atoms with Crippen molar-refractivity contribution in [2.75, 3.05) is 5.73 Å². The van der Waals surface area contributed by atoms with Gasteiger partial charge < -0.3 is 10.5 Å². The average molecular weight is 273 g/mol. The molecule has 0 radical (unpaired) electrons. The Hall–Kier alpha value is -2.36. The van der Waals surface area contributed by atoms with Gasteiger partial charge >= 0.3 is 5.97 Å². The summed E-state index contributed by atoms with van der Waals surface area (Å²) < 4.78 is 18.2. The summed E-state index contributed by atoms with van der Waals surface area (Å²) in [6, 6.07) is 9.41. The van der Waals surface area contributed by atoms with Crippen molar-refractivity contribution in [3.8, 4) is 0 Å². The second-order valence-electron chi connectivity index (χ2n) is 4.72. The molecule has 0 atom stereocenters. The van der Waals surface area contributed by atoms with Crippen LogP contribution in [-0.2, 0) is 11.3 Å². The van der Waals surface area contributed by atoms with Crippen molar-refractivity contribution in [1.82, 2.24) is 0 Å². The van der Waals surface area contributed by atoms with Crippen LogP contribution in [0.3, 0.4) is 0 Å². The van der Waals surface area contributed by atoms with E-state index in [1.54, 1.807) is 38.1 Å². The molecule has 2 N–H and O–H groups in total. The van der Waals surface area contributed by atoms with E-state index >= 15 is 0 Å². The van der Waals surface area contributed by atoms with Gasteiger partial charge in [-0.2, -0.15) is 0 Å². The van der Waals surface area contributed by atoms with Crippen LogP contribution in [0, 0.1) is 19.7 Å². The Morgan fingerprint density at radius 2 is 1.90 bits per heavy atom. The lowest BCUT2D eigenvalue weighted by Gasteiger charge is -2.09. The molecule has 2 aromatic carbocycles. The summed E-state index contributed by atoms with van der Waals surface area (Å²) in [7, 11) is 0. The van der Waals surface area contributed by atoms with Gasteiger partial charge in [-0.25, -0.2) is 9.18 Å². The molecule has 0 aliphatic carbocycles. The molecule has 0 bridgehead atoms. The van der Waals surface area contributed by atoms with Gasteiger partial charge in [0.1, 0.15) is 12.4 Å². The van der Waals surface area contributed by atoms with Crippen molar-refractivity contribution in [2.45, 2.75) is 20.5 Å². The fourth-order valence-electron chi connectivity index (χ4n) is 1.96. The van der Waals surface area contributed by atoms with E-state index in [1.807, 2.05) is 0 Å². The maximum atomic E-state index is 13.0. The van der Waals surface area contributed by atoms with Crippen LogP contribution in [0.1, 0.15) is 27.0 Å². The molecule has 0 amide bonds. The van der Waals surface area contributed by atoms with Gasteiger partial charge in [0.15, 0.2) is 0 Å². The third-order valence-electron chi connectivity index (χ3n) is 3.13. The molecule has 0 fully saturated rings. The highest BCUT2D eigenvalue weighted by Crippen LogP contribution is 2.16. The Kier molecular flexibility index (Phi) is 4.03. The molecule has 0 spiro atoms. The first-order chi connectivity index (χ1) is 9.47.